The topological polar surface area (TPSA) is 102 Å². The van der Waals surface area contributed by atoms with Gasteiger partial charge in [0.1, 0.15) is 35.5 Å². The van der Waals surface area contributed by atoms with Crippen molar-refractivity contribution in [3.63, 3.8) is 0 Å². The molecule has 0 radical (unpaired) electrons. The first kappa shape index (κ1) is 15.1. The second-order valence-electron chi connectivity index (χ2n) is 3.49. The van der Waals surface area contributed by atoms with Crippen molar-refractivity contribution in [1.82, 2.24) is 5.32 Å². The van der Waals surface area contributed by atoms with Crippen LogP contribution in [-0.2, 0) is 9.59 Å². The Balaban J connectivity index is 2.83. The van der Waals surface area contributed by atoms with Gasteiger partial charge in [-0.15, -0.1) is 0 Å². The van der Waals surface area contributed by atoms with E-state index in [1.807, 2.05) is 5.32 Å². The Morgan fingerprint density at radius 3 is 2.45 bits per heavy atom. The van der Waals surface area contributed by atoms with Gasteiger partial charge >= 0.3 is 5.97 Å². The fourth-order valence-corrected chi connectivity index (χ4v) is 1.18. The van der Waals surface area contributed by atoms with Gasteiger partial charge in [-0.3, -0.25) is 9.59 Å². The molecule has 0 heterocycles. The van der Waals surface area contributed by atoms with Crippen molar-refractivity contribution in [2.24, 2.45) is 0 Å². The lowest BCUT2D eigenvalue weighted by molar-refractivity contribution is -0.137. The van der Waals surface area contributed by atoms with E-state index in [1.54, 1.807) is 0 Å². The summed E-state index contributed by atoms with van der Waals surface area (Å²) >= 11 is 0. The number of carbonyl (C=O) groups is 2. The highest BCUT2D eigenvalue weighted by atomic mass is 19.1. The third kappa shape index (κ3) is 4.06. The van der Waals surface area contributed by atoms with Crippen molar-refractivity contribution in [2.45, 2.75) is 0 Å². The highest BCUT2D eigenvalue weighted by Crippen LogP contribution is 2.18. The number of hydrogen-bond acceptors (Lipinski definition) is 4. The molecule has 8 heteroatoms. The largest absolute Gasteiger partial charge is 0.480 e. The first-order chi connectivity index (χ1) is 9.45. The van der Waals surface area contributed by atoms with Crippen molar-refractivity contribution in [3.8, 4) is 6.07 Å². The molecule has 1 aromatic rings. The molecule has 104 valence electrons. The summed E-state index contributed by atoms with van der Waals surface area (Å²) in [5.74, 6) is -4.06. The van der Waals surface area contributed by atoms with E-state index in [1.165, 1.54) is 6.07 Å². The summed E-state index contributed by atoms with van der Waals surface area (Å²) in [6.07, 6.45) is 0.790. The fraction of sp³-hybridized carbons (Fsp3) is 0.0833. The Morgan fingerprint density at radius 2 is 1.95 bits per heavy atom. The zero-order valence-electron chi connectivity index (χ0n) is 9.98. The molecule has 0 aromatic heterocycles. The van der Waals surface area contributed by atoms with Gasteiger partial charge in [-0.25, -0.2) is 8.78 Å². The van der Waals surface area contributed by atoms with Gasteiger partial charge in [0, 0.05) is 6.20 Å². The predicted molar refractivity (Wildman–Crippen MR) is 64.3 cm³/mol. The number of halogens is 2. The molecule has 0 bridgehead atoms. The minimum atomic E-state index is -1.29. The van der Waals surface area contributed by atoms with Crippen LogP contribution in [0.1, 0.15) is 0 Å². The Labute approximate surface area is 112 Å². The smallest absolute Gasteiger partial charge is 0.322 e. The highest BCUT2D eigenvalue weighted by Gasteiger charge is 2.11. The van der Waals surface area contributed by atoms with Gasteiger partial charge in [0.25, 0.3) is 5.91 Å². The SMILES string of the molecule is N#C/C(=C/Nc1c(F)cccc1F)C(=O)NCC(=O)O. The number of nitrogens with zero attached hydrogens (tertiary/aromatic N) is 1. The van der Waals surface area contributed by atoms with Crippen molar-refractivity contribution in [3.05, 3.63) is 41.6 Å². The quantitative estimate of drug-likeness (QED) is 0.551. The van der Waals surface area contributed by atoms with E-state index < -0.39 is 41.3 Å². The molecule has 20 heavy (non-hydrogen) atoms. The Kier molecular flexibility index (Phi) is 5.17. The summed E-state index contributed by atoms with van der Waals surface area (Å²) < 4.78 is 26.5. The lowest BCUT2D eigenvalue weighted by Gasteiger charge is -2.05. The second kappa shape index (κ2) is 6.84. The molecule has 0 aliphatic carbocycles. The van der Waals surface area contributed by atoms with Crippen LogP contribution in [0.25, 0.3) is 0 Å². The lowest BCUT2D eigenvalue weighted by Crippen LogP contribution is -2.30. The number of amides is 1. The number of aliphatic carboxylic acids is 1. The Morgan fingerprint density at radius 1 is 1.35 bits per heavy atom. The maximum Gasteiger partial charge on any atom is 0.322 e. The third-order valence-corrected chi connectivity index (χ3v) is 2.09. The van der Waals surface area contributed by atoms with Crippen LogP contribution < -0.4 is 10.6 Å². The molecule has 3 N–H and O–H groups in total. The third-order valence-electron chi connectivity index (χ3n) is 2.09. The number of para-hydroxylation sites is 1. The van der Waals surface area contributed by atoms with Gasteiger partial charge < -0.3 is 15.7 Å². The van der Waals surface area contributed by atoms with Crippen molar-refractivity contribution in [2.75, 3.05) is 11.9 Å². The summed E-state index contributed by atoms with van der Waals surface area (Å²) in [7, 11) is 0. The number of hydrogen-bond donors (Lipinski definition) is 3. The van der Waals surface area contributed by atoms with Crippen molar-refractivity contribution >= 4 is 17.6 Å². The van der Waals surface area contributed by atoms with Crippen LogP contribution >= 0.6 is 0 Å². The van der Waals surface area contributed by atoms with Crippen LogP contribution in [0, 0.1) is 23.0 Å². The summed E-state index contributed by atoms with van der Waals surface area (Å²) in [5.41, 5.74) is -1.04. The van der Waals surface area contributed by atoms with Gasteiger partial charge in [0.15, 0.2) is 0 Å². The molecule has 6 nitrogen and oxygen atoms in total. The molecule has 0 spiro atoms. The number of nitriles is 1. The molecular weight excluding hydrogens is 272 g/mol. The molecule has 0 saturated heterocycles. The molecule has 0 atom stereocenters. The maximum atomic E-state index is 13.3. The number of anilines is 1. The molecule has 1 aromatic carbocycles. The molecule has 0 aliphatic heterocycles. The molecule has 0 aliphatic rings. The van der Waals surface area contributed by atoms with Gasteiger partial charge in [-0.1, -0.05) is 6.07 Å². The maximum absolute atomic E-state index is 13.3. The number of carbonyl (C=O) groups excluding carboxylic acids is 1. The first-order valence-corrected chi connectivity index (χ1v) is 5.26. The van der Waals surface area contributed by atoms with E-state index in [-0.39, 0.29) is 0 Å². The molecule has 0 saturated carbocycles. The van der Waals surface area contributed by atoms with Crippen LogP contribution in [0.5, 0.6) is 0 Å². The zero-order valence-corrected chi connectivity index (χ0v) is 9.98. The zero-order chi connectivity index (χ0) is 15.1. The monoisotopic (exact) mass is 281 g/mol. The summed E-state index contributed by atoms with van der Waals surface area (Å²) in [5, 5.41) is 21.2. The van der Waals surface area contributed by atoms with Crippen LogP contribution in [0.2, 0.25) is 0 Å². The Bertz CT molecular complexity index is 588. The van der Waals surface area contributed by atoms with Crippen LogP contribution in [0.3, 0.4) is 0 Å². The van der Waals surface area contributed by atoms with Gasteiger partial charge in [-0.2, -0.15) is 5.26 Å². The van der Waals surface area contributed by atoms with Crippen molar-refractivity contribution < 1.29 is 23.5 Å². The average molecular weight is 281 g/mol. The van der Waals surface area contributed by atoms with E-state index in [2.05, 4.69) is 5.32 Å². The van der Waals surface area contributed by atoms with E-state index >= 15 is 0 Å². The standard InChI is InChI=1S/C12H9F2N3O3/c13-8-2-1-3-9(14)11(8)16-5-7(4-15)12(20)17-6-10(18)19/h1-3,5,16H,6H2,(H,17,20)(H,18,19)/b7-5-. The van der Waals surface area contributed by atoms with Gasteiger partial charge in [-0.05, 0) is 12.1 Å². The van der Waals surface area contributed by atoms with Gasteiger partial charge in [0.05, 0.1) is 0 Å². The molecule has 1 rings (SSSR count). The van der Waals surface area contributed by atoms with E-state index in [0.717, 1.165) is 24.4 Å². The van der Waals surface area contributed by atoms with Crippen LogP contribution in [0.4, 0.5) is 14.5 Å². The summed E-state index contributed by atoms with van der Waals surface area (Å²) in [4.78, 5) is 21.6. The minimum absolute atomic E-state index is 0.520. The van der Waals surface area contributed by atoms with E-state index in [9.17, 15) is 18.4 Å². The fourth-order valence-electron chi connectivity index (χ4n) is 1.18. The number of carboxylic acids is 1. The number of carboxylic acid groups (broad SMARTS) is 1. The van der Waals surface area contributed by atoms with E-state index in [0.29, 0.717) is 0 Å². The molecular formula is C12H9F2N3O3. The van der Waals surface area contributed by atoms with Crippen LogP contribution in [0.15, 0.2) is 30.0 Å². The average Bonchev–Trinajstić information content (AvgIpc) is 2.39. The molecule has 0 fully saturated rings. The summed E-state index contributed by atoms with van der Waals surface area (Å²) in [6, 6.07) is 4.63. The predicted octanol–water partition coefficient (Wildman–Crippen LogP) is 0.985. The minimum Gasteiger partial charge on any atom is -0.480 e. The second-order valence-corrected chi connectivity index (χ2v) is 3.49. The number of benzene rings is 1. The first-order valence-electron chi connectivity index (χ1n) is 5.26. The Hall–Kier alpha value is -2.95. The number of nitrogens with one attached hydrogen (secondary N) is 2. The van der Waals surface area contributed by atoms with E-state index in [4.69, 9.17) is 10.4 Å². The number of rotatable bonds is 5. The van der Waals surface area contributed by atoms with Crippen molar-refractivity contribution in [1.29, 1.82) is 5.26 Å². The molecule has 0 unspecified atom stereocenters. The normalized spacial score (nSPS) is 10.6. The van der Waals surface area contributed by atoms with Crippen LogP contribution in [-0.4, -0.2) is 23.5 Å². The highest BCUT2D eigenvalue weighted by molar-refractivity contribution is 5.98. The summed E-state index contributed by atoms with van der Waals surface area (Å²) in [6.45, 7) is -0.675. The molecule has 1 amide bonds. The lowest BCUT2D eigenvalue weighted by atomic mass is 10.2. The van der Waals surface area contributed by atoms with Gasteiger partial charge in [0.2, 0.25) is 0 Å².